The number of benzene rings is 3. The largest absolute Gasteiger partial charge is 0.494 e. The fourth-order valence-electron chi connectivity index (χ4n) is 5.39. The number of nitrogens with zero attached hydrogens (tertiary/aromatic N) is 1. The molecule has 0 fully saturated rings. The van der Waals surface area contributed by atoms with Gasteiger partial charge in [-0.05, 0) is 59.4 Å². The lowest BCUT2D eigenvalue weighted by Gasteiger charge is -2.43. The van der Waals surface area contributed by atoms with Crippen molar-refractivity contribution < 1.29 is 14.3 Å². The molecule has 1 aliphatic heterocycles. The minimum Gasteiger partial charge on any atom is -0.494 e. The molecule has 0 aromatic heterocycles. The van der Waals surface area contributed by atoms with Gasteiger partial charge in [-0.2, -0.15) is 0 Å². The first-order valence-corrected chi connectivity index (χ1v) is 11.7. The van der Waals surface area contributed by atoms with Crippen molar-refractivity contribution in [2.24, 2.45) is 5.41 Å². The van der Waals surface area contributed by atoms with E-state index in [1.165, 1.54) is 0 Å². The van der Waals surface area contributed by atoms with E-state index in [9.17, 15) is 9.59 Å². The molecule has 168 valence electrons. The van der Waals surface area contributed by atoms with Gasteiger partial charge in [0.15, 0.2) is 5.78 Å². The zero-order valence-electron chi connectivity index (χ0n) is 19.4. The second-order valence-electron chi connectivity index (χ2n) is 9.78. The lowest BCUT2D eigenvalue weighted by molar-refractivity contribution is -0.120. The summed E-state index contributed by atoms with van der Waals surface area (Å²) < 4.78 is 5.58. The van der Waals surface area contributed by atoms with Gasteiger partial charge < -0.3 is 4.74 Å². The molecule has 1 atom stereocenters. The minimum atomic E-state index is -0.221. The molecule has 5 rings (SSSR count). The van der Waals surface area contributed by atoms with Crippen LogP contribution in [0.15, 0.2) is 78.0 Å². The SMILES string of the molecule is CCOc1ccc(N2C(=O)CC(c3cccc4ccccc34)C3=C2CC(C)(C)CC3=O)cc1. The third-order valence-electron chi connectivity index (χ3n) is 6.75. The highest BCUT2D eigenvalue weighted by molar-refractivity contribution is 6.08. The van der Waals surface area contributed by atoms with Crippen LogP contribution in [-0.2, 0) is 9.59 Å². The van der Waals surface area contributed by atoms with E-state index in [0.717, 1.165) is 39.0 Å². The van der Waals surface area contributed by atoms with Crippen LogP contribution >= 0.6 is 0 Å². The van der Waals surface area contributed by atoms with Crippen LogP contribution < -0.4 is 9.64 Å². The van der Waals surface area contributed by atoms with Gasteiger partial charge in [0.05, 0.1) is 6.61 Å². The molecule has 1 heterocycles. The number of amides is 1. The highest BCUT2D eigenvalue weighted by Gasteiger charge is 2.44. The number of Topliss-reactive ketones (excluding diaryl/α,β-unsaturated/α-hetero) is 1. The summed E-state index contributed by atoms with van der Waals surface area (Å²) in [7, 11) is 0. The molecule has 0 bridgehead atoms. The van der Waals surface area contributed by atoms with Gasteiger partial charge in [-0.3, -0.25) is 14.5 Å². The van der Waals surface area contributed by atoms with E-state index in [1.807, 2.05) is 49.4 Å². The third kappa shape index (κ3) is 3.84. The monoisotopic (exact) mass is 439 g/mol. The Kier molecular flexibility index (Phi) is 5.32. The molecule has 33 heavy (non-hydrogen) atoms. The number of ether oxygens (including phenoxy) is 1. The van der Waals surface area contributed by atoms with Crippen LogP contribution in [0.3, 0.4) is 0 Å². The Morgan fingerprint density at radius 3 is 2.42 bits per heavy atom. The van der Waals surface area contributed by atoms with E-state index in [0.29, 0.717) is 19.4 Å². The molecule has 0 radical (unpaired) electrons. The smallest absolute Gasteiger partial charge is 0.232 e. The number of carbonyl (C=O) groups is 2. The van der Waals surface area contributed by atoms with Gasteiger partial charge in [-0.1, -0.05) is 56.3 Å². The van der Waals surface area contributed by atoms with Crippen molar-refractivity contribution in [3.05, 3.63) is 83.6 Å². The molecule has 1 aliphatic carbocycles. The normalized spacial score (nSPS) is 20.2. The van der Waals surface area contributed by atoms with Crippen molar-refractivity contribution >= 4 is 28.2 Å². The van der Waals surface area contributed by atoms with E-state index in [4.69, 9.17) is 4.74 Å². The maximum absolute atomic E-state index is 13.6. The summed E-state index contributed by atoms with van der Waals surface area (Å²) in [6.45, 7) is 6.75. The third-order valence-corrected chi connectivity index (χ3v) is 6.75. The van der Waals surface area contributed by atoms with Crippen LogP contribution in [0, 0.1) is 5.41 Å². The second-order valence-corrected chi connectivity index (χ2v) is 9.78. The van der Waals surface area contributed by atoms with E-state index in [2.05, 4.69) is 38.1 Å². The van der Waals surface area contributed by atoms with E-state index in [1.54, 1.807) is 4.90 Å². The highest BCUT2D eigenvalue weighted by atomic mass is 16.5. The van der Waals surface area contributed by atoms with Crippen molar-refractivity contribution in [1.82, 2.24) is 0 Å². The number of anilines is 1. The van der Waals surface area contributed by atoms with Crippen molar-refractivity contribution in [2.45, 2.75) is 46.0 Å². The Hall–Kier alpha value is -3.40. The highest BCUT2D eigenvalue weighted by Crippen LogP contribution is 2.49. The van der Waals surface area contributed by atoms with E-state index in [-0.39, 0.29) is 29.4 Å². The fraction of sp³-hybridized carbons (Fsp3) is 0.310. The fourth-order valence-corrected chi connectivity index (χ4v) is 5.39. The van der Waals surface area contributed by atoms with Crippen molar-refractivity contribution in [3.8, 4) is 5.75 Å². The number of hydrogen-bond donors (Lipinski definition) is 0. The summed E-state index contributed by atoms with van der Waals surface area (Å²) in [6.07, 6.45) is 1.47. The molecule has 4 heteroatoms. The van der Waals surface area contributed by atoms with Gasteiger partial charge in [0.2, 0.25) is 5.91 Å². The molecule has 2 aliphatic rings. The molecule has 1 unspecified atom stereocenters. The van der Waals surface area contributed by atoms with Gasteiger partial charge in [-0.15, -0.1) is 0 Å². The molecule has 0 saturated carbocycles. The van der Waals surface area contributed by atoms with Crippen LogP contribution in [-0.4, -0.2) is 18.3 Å². The van der Waals surface area contributed by atoms with Gasteiger partial charge in [-0.25, -0.2) is 0 Å². The van der Waals surface area contributed by atoms with E-state index < -0.39 is 0 Å². The number of fused-ring (bicyclic) bond motifs is 1. The summed E-state index contributed by atoms with van der Waals surface area (Å²) in [5.74, 6) is 0.735. The predicted molar refractivity (Wildman–Crippen MR) is 131 cm³/mol. The first kappa shape index (κ1) is 21.4. The Bertz CT molecular complexity index is 1260. The Morgan fingerprint density at radius 1 is 0.939 bits per heavy atom. The Balaban J connectivity index is 1.67. The number of rotatable bonds is 4. The molecule has 0 spiro atoms. The van der Waals surface area contributed by atoms with Crippen LogP contribution in [0.2, 0.25) is 0 Å². The van der Waals surface area contributed by atoms with Gasteiger partial charge in [0, 0.05) is 35.7 Å². The maximum Gasteiger partial charge on any atom is 0.232 e. The van der Waals surface area contributed by atoms with Gasteiger partial charge in [0.1, 0.15) is 5.75 Å². The maximum atomic E-state index is 13.6. The van der Waals surface area contributed by atoms with Crippen LogP contribution in [0.4, 0.5) is 5.69 Å². The van der Waals surface area contributed by atoms with Crippen LogP contribution in [0.25, 0.3) is 10.8 Å². The predicted octanol–water partition coefficient (Wildman–Crippen LogP) is 6.40. The van der Waals surface area contributed by atoms with Crippen molar-refractivity contribution in [2.75, 3.05) is 11.5 Å². The zero-order valence-corrected chi connectivity index (χ0v) is 19.4. The summed E-state index contributed by atoms with van der Waals surface area (Å²) >= 11 is 0. The molecule has 3 aromatic rings. The van der Waals surface area contributed by atoms with Crippen LogP contribution in [0.5, 0.6) is 5.75 Å². The average Bonchev–Trinajstić information content (AvgIpc) is 2.78. The summed E-state index contributed by atoms with van der Waals surface area (Å²) in [6, 6.07) is 22.0. The number of carbonyl (C=O) groups excluding carboxylic acids is 2. The molecule has 3 aromatic carbocycles. The first-order valence-electron chi connectivity index (χ1n) is 11.7. The lowest BCUT2D eigenvalue weighted by Crippen LogP contribution is -2.43. The molecule has 0 saturated heterocycles. The molecular weight excluding hydrogens is 410 g/mol. The standard InChI is InChI=1S/C29H29NO3/c1-4-33-21-14-12-20(13-15-21)30-25-17-29(2,3)18-26(31)28(25)24(16-27(30)32)23-11-7-9-19-8-5-6-10-22(19)23/h5-15,24H,4,16-18H2,1-3H3. The lowest BCUT2D eigenvalue weighted by atomic mass is 9.69. The quantitative estimate of drug-likeness (QED) is 0.472. The molecule has 1 amide bonds. The zero-order chi connectivity index (χ0) is 23.2. The average molecular weight is 440 g/mol. The van der Waals surface area contributed by atoms with Crippen molar-refractivity contribution in [3.63, 3.8) is 0 Å². The van der Waals surface area contributed by atoms with E-state index >= 15 is 0 Å². The first-order chi connectivity index (χ1) is 15.9. The topological polar surface area (TPSA) is 46.6 Å². The second kappa shape index (κ2) is 8.18. The minimum absolute atomic E-state index is 0.0290. The summed E-state index contributed by atoms with van der Waals surface area (Å²) in [4.78, 5) is 29.0. The van der Waals surface area contributed by atoms with Crippen molar-refractivity contribution in [1.29, 1.82) is 0 Å². The number of allylic oxidation sites excluding steroid dienone is 2. The summed E-state index contributed by atoms with van der Waals surface area (Å²) in [5.41, 5.74) is 3.32. The number of ketones is 1. The summed E-state index contributed by atoms with van der Waals surface area (Å²) in [5, 5.41) is 2.24. The van der Waals surface area contributed by atoms with Gasteiger partial charge >= 0.3 is 0 Å². The Morgan fingerprint density at radius 2 is 1.67 bits per heavy atom. The Labute approximate surface area is 194 Å². The number of hydrogen-bond acceptors (Lipinski definition) is 3. The van der Waals surface area contributed by atoms with Crippen LogP contribution in [0.1, 0.15) is 51.5 Å². The molecule has 0 N–H and O–H groups in total. The van der Waals surface area contributed by atoms with Gasteiger partial charge in [0.25, 0.3) is 0 Å². The molecule has 4 nitrogen and oxygen atoms in total. The molecular formula is C29H29NO3.